The summed E-state index contributed by atoms with van der Waals surface area (Å²) in [6.45, 7) is 10.7. The summed E-state index contributed by atoms with van der Waals surface area (Å²) in [7, 11) is -4.30. The lowest BCUT2D eigenvalue weighted by Gasteiger charge is -2.25. The van der Waals surface area contributed by atoms with Crippen LogP contribution in [-0.4, -0.2) is 36.3 Å². The first-order chi connectivity index (χ1) is 10.7. The van der Waals surface area contributed by atoms with E-state index in [0.717, 1.165) is 0 Å². The lowest BCUT2D eigenvalue weighted by molar-refractivity contribution is -0.385. The lowest BCUT2D eigenvalue weighted by atomic mass is 9.97. The van der Waals surface area contributed by atoms with Gasteiger partial charge in [-0.2, -0.15) is 0 Å². The fraction of sp³-hybridized carbons (Fsp3) is 0.786. The van der Waals surface area contributed by atoms with E-state index in [1.165, 1.54) is 0 Å². The van der Waals surface area contributed by atoms with Gasteiger partial charge in [0.1, 0.15) is 0 Å². The highest BCUT2D eigenvalue weighted by Gasteiger charge is 2.34. The van der Waals surface area contributed by atoms with Crippen molar-refractivity contribution in [2.75, 3.05) is 13.0 Å². The Morgan fingerprint density at radius 2 is 1.46 bits per heavy atom. The summed E-state index contributed by atoms with van der Waals surface area (Å²) in [6, 6.07) is 0. The van der Waals surface area contributed by atoms with Gasteiger partial charge in [0.2, 0.25) is 0 Å². The Hall–Kier alpha value is -0.990. The van der Waals surface area contributed by atoms with Crippen LogP contribution in [0.15, 0.2) is 0 Å². The molecular weight excluding hydrogens is 343 g/mol. The normalized spacial score (nSPS) is 15.0. The van der Waals surface area contributed by atoms with Gasteiger partial charge in [0.25, 0.3) is 0 Å². The quantitative estimate of drug-likeness (QED) is 0.226. The van der Waals surface area contributed by atoms with Crippen molar-refractivity contribution in [3.63, 3.8) is 0 Å². The molecule has 0 aromatic carbocycles. The molecule has 1 unspecified atom stereocenters. The van der Waals surface area contributed by atoms with Crippen LogP contribution in [0.2, 0.25) is 0 Å². The van der Waals surface area contributed by atoms with Crippen molar-refractivity contribution in [1.29, 1.82) is 0 Å². The van der Waals surface area contributed by atoms with E-state index in [1.54, 1.807) is 41.5 Å². The van der Waals surface area contributed by atoms with Gasteiger partial charge in [0.05, 0.1) is 10.8 Å². The Bertz CT molecular complexity index is 448. The molecule has 0 aromatic heterocycles. The highest BCUT2D eigenvalue weighted by Crippen LogP contribution is 2.42. The summed E-state index contributed by atoms with van der Waals surface area (Å²) in [5.41, 5.74) is -1.84. The molecule has 0 aliphatic carbocycles. The monoisotopic (exact) mass is 369 g/mol. The van der Waals surface area contributed by atoms with E-state index in [0.29, 0.717) is 0 Å². The van der Waals surface area contributed by atoms with Gasteiger partial charge < -0.3 is 19.1 Å². The fourth-order valence-electron chi connectivity index (χ4n) is 0.895. The molecule has 0 aliphatic heterocycles. The largest absolute Gasteiger partial charge is 0.398 e. The first-order valence-electron chi connectivity index (χ1n) is 7.15. The van der Waals surface area contributed by atoms with Crippen LogP contribution < -0.4 is 0 Å². The second-order valence-electron chi connectivity index (χ2n) is 6.94. The zero-order valence-corrected chi connectivity index (χ0v) is 15.8. The van der Waals surface area contributed by atoms with E-state index in [-0.39, 0.29) is 6.61 Å². The summed E-state index contributed by atoms with van der Waals surface area (Å²) < 4.78 is 30.3. The summed E-state index contributed by atoms with van der Waals surface area (Å²) in [4.78, 5) is 37.8. The number of hydrogen-bond acceptors (Lipinski definition) is 8. The third-order valence-electron chi connectivity index (χ3n) is 2.27. The minimum absolute atomic E-state index is 0.0602. The molecule has 1 atom stereocenters. The van der Waals surface area contributed by atoms with Gasteiger partial charge in [-0.25, -0.2) is 0 Å². The molecule has 1 N–H and O–H groups in total. The Balaban J connectivity index is 4.96. The van der Waals surface area contributed by atoms with Gasteiger partial charge in [-0.05, 0) is 48.5 Å². The maximum absolute atomic E-state index is 11.9. The SMILES string of the molecule is [CH2]COCP(=O)(O)OOC(OC(=O)C(C)(C)C)OC(=O)C(C)(C)C. The molecule has 0 amide bonds. The van der Waals surface area contributed by atoms with Crippen LogP contribution in [-0.2, 0) is 37.9 Å². The summed E-state index contributed by atoms with van der Waals surface area (Å²) in [5.74, 6) is -1.53. The van der Waals surface area contributed by atoms with Crippen LogP contribution in [0.25, 0.3) is 0 Å². The third kappa shape index (κ3) is 9.34. The van der Waals surface area contributed by atoms with Crippen LogP contribution >= 0.6 is 7.60 Å². The number of rotatable bonds is 8. The van der Waals surface area contributed by atoms with E-state index in [1.807, 2.05) is 0 Å². The maximum atomic E-state index is 11.9. The predicted molar refractivity (Wildman–Crippen MR) is 83.1 cm³/mol. The van der Waals surface area contributed by atoms with Crippen LogP contribution in [0.3, 0.4) is 0 Å². The topological polar surface area (TPSA) is 118 Å². The first-order valence-corrected chi connectivity index (χ1v) is 8.91. The molecule has 10 heteroatoms. The number of hydrogen-bond donors (Lipinski definition) is 1. The van der Waals surface area contributed by atoms with Crippen LogP contribution in [0, 0.1) is 17.8 Å². The Labute approximate surface area is 142 Å². The summed E-state index contributed by atoms with van der Waals surface area (Å²) in [6.07, 6.45) is -0.691. The highest BCUT2D eigenvalue weighted by molar-refractivity contribution is 7.52. The van der Waals surface area contributed by atoms with Crippen molar-refractivity contribution in [2.45, 2.75) is 48.0 Å². The molecule has 24 heavy (non-hydrogen) atoms. The molecule has 0 rings (SSSR count). The highest BCUT2D eigenvalue weighted by atomic mass is 31.2. The second-order valence-corrected chi connectivity index (χ2v) is 8.63. The van der Waals surface area contributed by atoms with E-state index in [4.69, 9.17) is 9.47 Å². The number of esters is 2. The van der Waals surface area contributed by atoms with Crippen molar-refractivity contribution < 1.29 is 42.8 Å². The van der Waals surface area contributed by atoms with E-state index >= 15 is 0 Å². The molecule has 0 bridgehead atoms. The van der Waals surface area contributed by atoms with Gasteiger partial charge in [0.15, 0.2) is 6.35 Å². The summed E-state index contributed by atoms with van der Waals surface area (Å²) >= 11 is 0. The van der Waals surface area contributed by atoms with Gasteiger partial charge in [-0.15, -0.1) is 9.56 Å². The fourth-order valence-corrected chi connectivity index (χ4v) is 1.50. The molecule has 1 radical (unpaired) electrons. The Kier molecular flexibility index (Phi) is 8.55. The van der Waals surface area contributed by atoms with Gasteiger partial charge in [-0.1, -0.05) is 0 Å². The van der Waals surface area contributed by atoms with Gasteiger partial charge in [0, 0.05) is 6.61 Å². The molecular formula is C14H26O9P. The standard InChI is InChI=1S/C14H26O9P/c1-8-19-9-24(17,18)23-22-12(20-10(15)13(2,3)4)21-11(16)14(5,6)7/h12H,1,8-9H2,2-7H3,(H,17,18). The molecule has 9 nitrogen and oxygen atoms in total. The first kappa shape index (κ1) is 23.0. The smallest absolute Gasteiger partial charge is 0.392 e. The zero-order chi connectivity index (χ0) is 19.2. The number of carbonyl (C=O) groups is 2. The maximum Gasteiger partial charge on any atom is 0.392 e. The van der Waals surface area contributed by atoms with Crippen molar-refractivity contribution in [2.24, 2.45) is 10.8 Å². The lowest BCUT2D eigenvalue weighted by Crippen LogP contribution is -2.36. The molecule has 0 saturated heterocycles. The Morgan fingerprint density at radius 3 is 1.79 bits per heavy atom. The van der Waals surface area contributed by atoms with Crippen molar-refractivity contribution in [3.8, 4) is 0 Å². The number of carbonyl (C=O) groups excluding carboxylic acids is 2. The predicted octanol–water partition coefficient (Wildman–Crippen LogP) is 2.39. The van der Waals surface area contributed by atoms with Crippen LogP contribution in [0.4, 0.5) is 0 Å². The van der Waals surface area contributed by atoms with Gasteiger partial charge >= 0.3 is 26.0 Å². The molecule has 0 heterocycles. The van der Waals surface area contributed by atoms with E-state index in [2.05, 4.69) is 21.2 Å². The molecule has 141 valence electrons. The van der Waals surface area contributed by atoms with E-state index < -0.39 is 43.2 Å². The summed E-state index contributed by atoms with van der Waals surface area (Å²) in [5, 5.41) is 0. The van der Waals surface area contributed by atoms with Crippen LogP contribution in [0.1, 0.15) is 41.5 Å². The molecule has 0 fully saturated rings. The average Bonchev–Trinajstić information content (AvgIpc) is 2.40. The second kappa shape index (κ2) is 8.92. The zero-order valence-electron chi connectivity index (χ0n) is 14.9. The van der Waals surface area contributed by atoms with Crippen molar-refractivity contribution >= 4 is 19.5 Å². The van der Waals surface area contributed by atoms with Crippen LogP contribution in [0.5, 0.6) is 0 Å². The molecule has 0 spiro atoms. The Morgan fingerprint density at radius 1 is 1.04 bits per heavy atom. The molecule has 0 aliphatic rings. The van der Waals surface area contributed by atoms with Crippen molar-refractivity contribution in [3.05, 3.63) is 6.92 Å². The van der Waals surface area contributed by atoms with E-state index in [9.17, 15) is 19.0 Å². The minimum atomic E-state index is -4.30. The third-order valence-corrected chi connectivity index (χ3v) is 3.10. The number of ether oxygens (including phenoxy) is 3. The van der Waals surface area contributed by atoms with Crippen molar-refractivity contribution in [1.82, 2.24) is 0 Å². The average molecular weight is 369 g/mol. The molecule has 0 aromatic rings. The molecule has 0 saturated carbocycles. The minimum Gasteiger partial charge on any atom is -0.398 e. The van der Waals surface area contributed by atoms with Gasteiger partial charge in [-0.3, -0.25) is 14.2 Å².